The Kier molecular flexibility index (Phi) is 3.23. The molecule has 2 aromatic heterocycles. The summed E-state index contributed by atoms with van der Waals surface area (Å²) in [7, 11) is 0. The van der Waals surface area contributed by atoms with E-state index in [1.165, 1.54) is 32.1 Å². The van der Waals surface area contributed by atoms with E-state index < -0.39 is 11.2 Å². The number of fused-ring (bicyclic) bond motifs is 1. The zero-order valence-electron chi connectivity index (χ0n) is 10.8. The van der Waals surface area contributed by atoms with Crippen molar-refractivity contribution in [1.29, 1.82) is 0 Å². The number of rotatable bonds is 1. The molecule has 0 unspecified atom stereocenters. The van der Waals surface area contributed by atoms with E-state index in [9.17, 15) is 9.59 Å². The van der Waals surface area contributed by atoms with E-state index >= 15 is 0 Å². The van der Waals surface area contributed by atoms with Crippen LogP contribution in [0.4, 0.5) is 0 Å². The van der Waals surface area contributed by atoms with E-state index in [0.29, 0.717) is 17.1 Å². The van der Waals surface area contributed by atoms with Crippen LogP contribution in [0.5, 0.6) is 0 Å². The summed E-state index contributed by atoms with van der Waals surface area (Å²) in [5, 5.41) is 0. The van der Waals surface area contributed by atoms with Gasteiger partial charge in [0.05, 0.1) is 0 Å². The minimum atomic E-state index is -0.506. The molecule has 1 saturated carbocycles. The number of hydrogen-bond donors (Lipinski definition) is 3. The lowest BCUT2D eigenvalue weighted by Crippen LogP contribution is -2.21. The topological polar surface area (TPSA) is 94.4 Å². The third-order valence-electron chi connectivity index (χ3n) is 3.90. The highest BCUT2D eigenvalue weighted by molar-refractivity contribution is 5.68. The molecule has 6 nitrogen and oxygen atoms in total. The van der Waals surface area contributed by atoms with E-state index in [1.54, 1.807) is 0 Å². The van der Waals surface area contributed by atoms with Crippen LogP contribution >= 0.6 is 0 Å². The molecule has 6 heteroatoms. The van der Waals surface area contributed by atoms with Crippen LogP contribution in [0.3, 0.4) is 0 Å². The lowest BCUT2D eigenvalue weighted by atomic mass is 9.91. The minimum Gasteiger partial charge on any atom is -0.336 e. The summed E-state index contributed by atoms with van der Waals surface area (Å²) in [5.74, 6) is 1.21. The smallest absolute Gasteiger partial charge is 0.327 e. The van der Waals surface area contributed by atoms with Gasteiger partial charge in [0.2, 0.25) is 0 Å². The predicted octanol–water partition coefficient (Wildman–Crippen LogP) is 1.77. The molecular formula is C13H18N4O2. The Labute approximate surface area is 109 Å². The molecule has 3 N–H and O–H groups in total. The fourth-order valence-electron chi connectivity index (χ4n) is 2.87. The second-order valence-corrected chi connectivity index (χ2v) is 5.30. The molecule has 3 rings (SSSR count). The highest BCUT2D eigenvalue weighted by Crippen LogP contribution is 2.29. The normalized spacial score (nSPS) is 18.3. The van der Waals surface area contributed by atoms with Crippen molar-refractivity contribution in [3.63, 3.8) is 0 Å². The standard InChI is InChI=1S/C13H18N4O2/c18-12-9-11(16-13(19)17-12)15-10(14-9)8-6-4-2-1-3-5-7-8/h8H,1-7H2,(H3,14,15,16,17,18,19). The number of nitrogens with zero attached hydrogens (tertiary/aromatic N) is 1. The van der Waals surface area contributed by atoms with Gasteiger partial charge in [0.1, 0.15) is 11.3 Å². The molecule has 0 saturated heterocycles. The summed E-state index contributed by atoms with van der Waals surface area (Å²) < 4.78 is 0. The summed E-state index contributed by atoms with van der Waals surface area (Å²) in [6.07, 6.45) is 8.47. The minimum absolute atomic E-state index is 0.366. The van der Waals surface area contributed by atoms with E-state index in [4.69, 9.17) is 0 Å². The van der Waals surface area contributed by atoms with Crippen molar-refractivity contribution in [3.8, 4) is 0 Å². The molecule has 102 valence electrons. The van der Waals surface area contributed by atoms with E-state index in [-0.39, 0.29) is 0 Å². The molecule has 1 fully saturated rings. The van der Waals surface area contributed by atoms with Gasteiger partial charge in [0, 0.05) is 5.92 Å². The molecule has 0 aliphatic heterocycles. The van der Waals surface area contributed by atoms with Gasteiger partial charge in [-0.25, -0.2) is 9.78 Å². The SMILES string of the molecule is O=c1[nH]c(=O)c2[nH]c(C3CCCCCCC3)nc2[nH]1. The highest BCUT2D eigenvalue weighted by Gasteiger charge is 2.18. The molecule has 0 atom stereocenters. The quantitative estimate of drug-likeness (QED) is 0.731. The van der Waals surface area contributed by atoms with Crippen molar-refractivity contribution in [2.45, 2.75) is 50.9 Å². The summed E-state index contributed by atoms with van der Waals surface area (Å²) in [5.41, 5.74) is -0.168. The van der Waals surface area contributed by atoms with Gasteiger partial charge in [-0.05, 0) is 12.8 Å². The maximum Gasteiger partial charge on any atom is 0.327 e. The molecule has 0 amide bonds. The maximum absolute atomic E-state index is 11.7. The molecule has 19 heavy (non-hydrogen) atoms. The molecular weight excluding hydrogens is 244 g/mol. The Balaban J connectivity index is 1.97. The van der Waals surface area contributed by atoms with Gasteiger partial charge in [-0.3, -0.25) is 14.8 Å². The van der Waals surface area contributed by atoms with Crippen LogP contribution < -0.4 is 11.2 Å². The number of nitrogens with one attached hydrogen (secondary N) is 3. The first-order chi connectivity index (χ1) is 9.24. The lowest BCUT2D eigenvalue weighted by Gasteiger charge is -2.17. The Morgan fingerprint density at radius 2 is 1.58 bits per heavy atom. The summed E-state index contributed by atoms with van der Waals surface area (Å²) in [6, 6.07) is 0. The zero-order chi connectivity index (χ0) is 13.2. The van der Waals surface area contributed by atoms with Crippen molar-refractivity contribution in [1.82, 2.24) is 19.9 Å². The number of aromatic nitrogens is 4. The molecule has 0 bridgehead atoms. The second-order valence-electron chi connectivity index (χ2n) is 5.30. The summed E-state index contributed by atoms with van der Waals surface area (Å²) in [4.78, 5) is 35.2. The summed E-state index contributed by atoms with van der Waals surface area (Å²) >= 11 is 0. The molecule has 2 heterocycles. The largest absolute Gasteiger partial charge is 0.336 e. The number of H-pyrrole nitrogens is 3. The Morgan fingerprint density at radius 3 is 2.32 bits per heavy atom. The molecule has 0 spiro atoms. The van der Waals surface area contributed by atoms with Crippen LogP contribution in [-0.4, -0.2) is 19.9 Å². The van der Waals surface area contributed by atoms with Crippen molar-refractivity contribution < 1.29 is 0 Å². The van der Waals surface area contributed by atoms with Crippen LogP contribution in [0.1, 0.15) is 56.7 Å². The van der Waals surface area contributed by atoms with Gasteiger partial charge >= 0.3 is 5.69 Å². The van der Waals surface area contributed by atoms with Gasteiger partial charge in [-0.2, -0.15) is 0 Å². The third-order valence-corrected chi connectivity index (χ3v) is 3.90. The molecule has 1 aliphatic rings. The van der Waals surface area contributed by atoms with Crippen molar-refractivity contribution >= 4 is 11.2 Å². The zero-order valence-corrected chi connectivity index (χ0v) is 10.8. The van der Waals surface area contributed by atoms with Gasteiger partial charge in [0.15, 0.2) is 5.65 Å². The Morgan fingerprint density at radius 1 is 0.895 bits per heavy atom. The van der Waals surface area contributed by atoms with Crippen LogP contribution in [-0.2, 0) is 0 Å². The van der Waals surface area contributed by atoms with E-state index in [2.05, 4.69) is 19.9 Å². The molecule has 2 aromatic rings. The first-order valence-corrected chi connectivity index (χ1v) is 6.96. The Hall–Kier alpha value is -1.85. The molecule has 1 aliphatic carbocycles. The van der Waals surface area contributed by atoms with Gasteiger partial charge in [0.25, 0.3) is 5.56 Å². The third kappa shape index (κ3) is 2.47. The van der Waals surface area contributed by atoms with Gasteiger partial charge < -0.3 is 4.98 Å². The first kappa shape index (κ1) is 12.2. The fraction of sp³-hybridized carbons (Fsp3) is 0.615. The summed E-state index contributed by atoms with van der Waals surface area (Å²) in [6.45, 7) is 0. The predicted molar refractivity (Wildman–Crippen MR) is 72.4 cm³/mol. The second kappa shape index (κ2) is 5.03. The Bertz CT molecular complexity index is 674. The first-order valence-electron chi connectivity index (χ1n) is 6.96. The van der Waals surface area contributed by atoms with Gasteiger partial charge in [-0.1, -0.05) is 32.1 Å². The lowest BCUT2D eigenvalue weighted by molar-refractivity contribution is 0.445. The van der Waals surface area contributed by atoms with Crippen LogP contribution in [0.25, 0.3) is 11.2 Å². The van der Waals surface area contributed by atoms with Crippen molar-refractivity contribution in [2.24, 2.45) is 0 Å². The monoisotopic (exact) mass is 262 g/mol. The average Bonchev–Trinajstić information content (AvgIpc) is 2.72. The molecule has 0 aromatic carbocycles. The average molecular weight is 262 g/mol. The van der Waals surface area contributed by atoms with E-state index in [1.807, 2.05) is 0 Å². The maximum atomic E-state index is 11.7. The number of aromatic amines is 3. The van der Waals surface area contributed by atoms with Crippen LogP contribution in [0.2, 0.25) is 0 Å². The van der Waals surface area contributed by atoms with Crippen LogP contribution in [0, 0.1) is 0 Å². The number of imidazole rings is 1. The van der Waals surface area contributed by atoms with E-state index in [0.717, 1.165) is 18.7 Å². The molecule has 0 radical (unpaired) electrons. The van der Waals surface area contributed by atoms with Crippen molar-refractivity contribution in [3.05, 3.63) is 26.7 Å². The number of hydrogen-bond acceptors (Lipinski definition) is 3. The van der Waals surface area contributed by atoms with Crippen LogP contribution in [0.15, 0.2) is 9.59 Å². The highest BCUT2D eigenvalue weighted by atomic mass is 16.2. The fourth-order valence-corrected chi connectivity index (χ4v) is 2.87. The van der Waals surface area contributed by atoms with Crippen molar-refractivity contribution in [2.75, 3.05) is 0 Å². The van der Waals surface area contributed by atoms with Gasteiger partial charge in [-0.15, -0.1) is 0 Å².